The maximum Gasteiger partial charge on any atom is 0.190 e. The molecule has 2 saturated heterocycles. The summed E-state index contributed by atoms with van der Waals surface area (Å²) < 4.78 is 20.8. The van der Waals surface area contributed by atoms with E-state index in [-0.39, 0.29) is 6.61 Å². The van der Waals surface area contributed by atoms with Crippen molar-refractivity contribution in [2.24, 2.45) is 0 Å². The third-order valence-electron chi connectivity index (χ3n) is 2.80. The summed E-state index contributed by atoms with van der Waals surface area (Å²) in [6.45, 7) is -0.239. The van der Waals surface area contributed by atoms with Gasteiger partial charge in [0.1, 0.15) is 24.4 Å². The predicted octanol–water partition coefficient (Wildman–Crippen LogP) is -2.19. The molecule has 2 aliphatic heterocycles. The van der Waals surface area contributed by atoms with Crippen molar-refractivity contribution in [2.75, 3.05) is 20.3 Å². The van der Waals surface area contributed by atoms with Gasteiger partial charge in [-0.05, 0) is 0 Å². The largest absolute Gasteiger partial charge is 0.394 e. The van der Waals surface area contributed by atoms with Crippen LogP contribution in [0.25, 0.3) is 0 Å². The minimum Gasteiger partial charge on any atom is -0.394 e. The molecule has 7 nitrogen and oxygen atoms in total. The summed E-state index contributed by atoms with van der Waals surface area (Å²) in [5.74, 6) is 0. The monoisotopic (exact) mass is 236 g/mol. The Kier molecular flexibility index (Phi) is 3.75. The summed E-state index contributed by atoms with van der Waals surface area (Å²) in [5, 5.41) is 28.3. The van der Waals surface area contributed by atoms with Crippen LogP contribution in [0.5, 0.6) is 0 Å². The lowest BCUT2D eigenvalue weighted by atomic mass is 9.99. The van der Waals surface area contributed by atoms with E-state index in [9.17, 15) is 10.2 Å². The highest BCUT2D eigenvalue weighted by Gasteiger charge is 2.48. The lowest BCUT2D eigenvalue weighted by Gasteiger charge is -2.45. The molecule has 7 heteroatoms. The van der Waals surface area contributed by atoms with Gasteiger partial charge in [0.25, 0.3) is 0 Å². The number of hydrogen-bond donors (Lipinski definition) is 3. The van der Waals surface area contributed by atoms with Crippen molar-refractivity contribution in [3.63, 3.8) is 0 Å². The Hall–Kier alpha value is -0.280. The first-order valence-corrected chi connectivity index (χ1v) is 5.09. The fourth-order valence-electron chi connectivity index (χ4n) is 1.85. The van der Waals surface area contributed by atoms with Crippen molar-refractivity contribution < 1.29 is 34.3 Å². The molecule has 0 aromatic carbocycles. The molecule has 94 valence electrons. The molecule has 0 aliphatic carbocycles. The van der Waals surface area contributed by atoms with E-state index in [4.69, 9.17) is 24.1 Å². The van der Waals surface area contributed by atoms with Crippen molar-refractivity contribution in [3.8, 4) is 0 Å². The number of aliphatic hydroxyl groups is 3. The van der Waals surface area contributed by atoms with E-state index in [1.165, 1.54) is 7.11 Å². The minimum absolute atomic E-state index is 0.161. The summed E-state index contributed by atoms with van der Waals surface area (Å²) >= 11 is 0. The fraction of sp³-hybridized carbons (Fsp3) is 1.00. The molecule has 0 radical (unpaired) electrons. The molecular weight excluding hydrogens is 220 g/mol. The Balaban J connectivity index is 2.04. The number of fused-ring (bicyclic) bond motifs is 1. The molecule has 0 unspecified atom stereocenters. The zero-order valence-electron chi connectivity index (χ0n) is 8.85. The third kappa shape index (κ3) is 2.07. The van der Waals surface area contributed by atoms with Gasteiger partial charge < -0.3 is 34.3 Å². The molecule has 0 amide bonds. The standard InChI is InChI=1S/C9H16O7/c1-13-5-3-14-8-7(12)6(11)4(2-10)15-9(8)16-5/h4-12H,2-3H2,1H3/t4-,5+,6-,7+,8-,9+/m1/s1. The van der Waals surface area contributed by atoms with Crippen molar-refractivity contribution in [1.29, 1.82) is 0 Å². The number of aliphatic hydroxyl groups excluding tert-OH is 3. The van der Waals surface area contributed by atoms with Crippen LogP contribution in [-0.4, -0.2) is 72.6 Å². The second-order valence-electron chi connectivity index (χ2n) is 3.81. The van der Waals surface area contributed by atoms with Crippen molar-refractivity contribution in [3.05, 3.63) is 0 Å². The van der Waals surface area contributed by atoms with Crippen LogP contribution in [0.1, 0.15) is 0 Å². The molecule has 0 aromatic rings. The molecule has 0 bridgehead atoms. The molecule has 6 atom stereocenters. The highest BCUT2D eigenvalue weighted by atomic mass is 16.8. The number of rotatable bonds is 2. The van der Waals surface area contributed by atoms with Gasteiger partial charge in [0.15, 0.2) is 12.6 Å². The van der Waals surface area contributed by atoms with Gasteiger partial charge in [-0.2, -0.15) is 0 Å². The van der Waals surface area contributed by atoms with Crippen LogP contribution in [0.2, 0.25) is 0 Å². The van der Waals surface area contributed by atoms with Gasteiger partial charge in [0, 0.05) is 7.11 Å². The quantitative estimate of drug-likeness (QED) is 0.501. The van der Waals surface area contributed by atoms with Crippen LogP contribution in [0.4, 0.5) is 0 Å². The third-order valence-corrected chi connectivity index (χ3v) is 2.80. The van der Waals surface area contributed by atoms with Crippen LogP contribution >= 0.6 is 0 Å². The van der Waals surface area contributed by atoms with Crippen LogP contribution in [-0.2, 0) is 18.9 Å². The van der Waals surface area contributed by atoms with E-state index in [2.05, 4.69) is 0 Å². The van der Waals surface area contributed by atoms with Crippen molar-refractivity contribution in [1.82, 2.24) is 0 Å². The predicted molar refractivity (Wildman–Crippen MR) is 49.4 cm³/mol. The zero-order chi connectivity index (χ0) is 11.7. The fourth-order valence-corrected chi connectivity index (χ4v) is 1.85. The molecule has 2 fully saturated rings. The smallest absolute Gasteiger partial charge is 0.190 e. The lowest BCUT2D eigenvalue weighted by molar-refractivity contribution is -0.380. The summed E-state index contributed by atoms with van der Waals surface area (Å²) in [6.07, 6.45) is -5.38. The maximum absolute atomic E-state index is 9.75. The maximum atomic E-state index is 9.75. The summed E-state index contributed by atoms with van der Waals surface area (Å²) in [7, 11) is 1.46. The van der Waals surface area contributed by atoms with E-state index in [1.54, 1.807) is 0 Å². The molecule has 0 saturated carbocycles. The lowest BCUT2D eigenvalue weighted by Crippen LogP contribution is -2.63. The van der Waals surface area contributed by atoms with E-state index in [1.807, 2.05) is 0 Å². The second-order valence-corrected chi connectivity index (χ2v) is 3.81. The average molecular weight is 236 g/mol. The van der Waals surface area contributed by atoms with E-state index in [0.29, 0.717) is 0 Å². The molecular formula is C9H16O7. The Morgan fingerprint density at radius 3 is 2.62 bits per heavy atom. The summed E-state index contributed by atoms with van der Waals surface area (Å²) in [4.78, 5) is 0. The molecule has 3 N–H and O–H groups in total. The summed E-state index contributed by atoms with van der Waals surface area (Å²) in [6, 6.07) is 0. The average Bonchev–Trinajstić information content (AvgIpc) is 2.33. The SMILES string of the molecule is CO[C@@H]1CO[C@H]2[C@H](O1)O[C@H](CO)[C@@H](O)[C@@H]2O. The number of hydrogen-bond acceptors (Lipinski definition) is 7. The molecule has 2 heterocycles. The number of ether oxygens (including phenoxy) is 4. The van der Waals surface area contributed by atoms with Gasteiger partial charge in [0.05, 0.1) is 13.2 Å². The summed E-state index contributed by atoms with van der Waals surface area (Å²) in [5.41, 5.74) is 0. The van der Waals surface area contributed by atoms with Gasteiger partial charge in [-0.1, -0.05) is 0 Å². The molecule has 2 aliphatic rings. The van der Waals surface area contributed by atoms with Crippen molar-refractivity contribution in [2.45, 2.75) is 37.0 Å². The van der Waals surface area contributed by atoms with Gasteiger partial charge in [-0.25, -0.2) is 0 Å². The Bertz CT molecular complexity index is 236. The number of methoxy groups -OCH3 is 1. The van der Waals surface area contributed by atoms with Gasteiger partial charge in [-0.3, -0.25) is 0 Å². The Morgan fingerprint density at radius 1 is 1.25 bits per heavy atom. The molecule has 16 heavy (non-hydrogen) atoms. The first-order chi connectivity index (χ1) is 7.67. The first-order valence-electron chi connectivity index (χ1n) is 5.09. The molecule has 0 spiro atoms. The van der Waals surface area contributed by atoms with Crippen LogP contribution < -0.4 is 0 Å². The second kappa shape index (κ2) is 4.92. The van der Waals surface area contributed by atoms with Gasteiger partial charge >= 0.3 is 0 Å². The highest BCUT2D eigenvalue weighted by molar-refractivity contribution is 4.91. The van der Waals surface area contributed by atoms with E-state index < -0.39 is 43.6 Å². The zero-order valence-corrected chi connectivity index (χ0v) is 8.85. The van der Waals surface area contributed by atoms with E-state index in [0.717, 1.165) is 0 Å². The van der Waals surface area contributed by atoms with Crippen LogP contribution in [0, 0.1) is 0 Å². The normalized spacial score (nSPS) is 48.8. The van der Waals surface area contributed by atoms with Gasteiger partial charge in [0.2, 0.25) is 0 Å². The Morgan fingerprint density at radius 2 is 2.00 bits per heavy atom. The van der Waals surface area contributed by atoms with Crippen LogP contribution in [0.15, 0.2) is 0 Å². The molecule has 0 aromatic heterocycles. The van der Waals surface area contributed by atoms with Crippen molar-refractivity contribution >= 4 is 0 Å². The highest BCUT2D eigenvalue weighted by Crippen LogP contribution is 2.28. The minimum atomic E-state index is -1.19. The Labute approximate surface area is 92.5 Å². The van der Waals surface area contributed by atoms with Gasteiger partial charge in [-0.15, -0.1) is 0 Å². The van der Waals surface area contributed by atoms with Crippen LogP contribution in [0.3, 0.4) is 0 Å². The first kappa shape index (κ1) is 12.2. The molecule has 2 rings (SSSR count). The van der Waals surface area contributed by atoms with E-state index >= 15 is 0 Å². The topological polar surface area (TPSA) is 97.6 Å².